The summed E-state index contributed by atoms with van der Waals surface area (Å²) >= 11 is 0. The summed E-state index contributed by atoms with van der Waals surface area (Å²) in [6.45, 7) is 4.21. The topological polar surface area (TPSA) is 67.2 Å². The molecule has 4 rings (SSSR count). The van der Waals surface area contributed by atoms with Crippen LogP contribution in [-0.2, 0) is 16.6 Å². The smallest absolute Gasteiger partial charge is 0.227 e. The lowest BCUT2D eigenvalue weighted by Gasteiger charge is -2.24. The molecule has 2 atom stereocenters. The van der Waals surface area contributed by atoms with Gasteiger partial charge < -0.3 is 14.8 Å². The van der Waals surface area contributed by atoms with Crippen molar-refractivity contribution in [3.63, 3.8) is 0 Å². The second-order valence-corrected chi connectivity index (χ2v) is 8.10. The van der Waals surface area contributed by atoms with Crippen LogP contribution in [0.4, 0.5) is 10.1 Å². The maximum Gasteiger partial charge on any atom is 0.227 e. The zero-order chi connectivity index (χ0) is 21.4. The van der Waals surface area contributed by atoms with Crippen LogP contribution in [0.15, 0.2) is 48.5 Å². The van der Waals surface area contributed by atoms with Crippen molar-refractivity contribution >= 4 is 28.5 Å². The van der Waals surface area contributed by atoms with Crippen LogP contribution in [0.3, 0.4) is 0 Å². The monoisotopic (exact) mass is 408 g/mol. The summed E-state index contributed by atoms with van der Waals surface area (Å²) in [6, 6.07) is 13.7. The van der Waals surface area contributed by atoms with Gasteiger partial charge in [0.2, 0.25) is 11.8 Å². The molecule has 0 aliphatic carbocycles. The third-order valence-electron chi connectivity index (χ3n) is 5.70. The summed E-state index contributed by atoms with van der Waals surface area (Å²) in [7, 11) is 1.94. The molecule has 30 heavy (non-hydrogen) atoms. The normalized spacial score (nSPS) is 17.7. The average Bonchev–Trinajstić information content (AvgIpc) is 3.27. The second-order valence-electron chi connectivity index (χ2n) is 8.10. The van der Waals surface area contributed by atoms with E-state index in [0.29, 0.717) is 0 Å². The molecule has 1 aromatic heterocycles. The van der Waals surface area contributed by atoms with Crippen molar-refractivity contribution in [3.8, 4) is 0 Å². The molecule has 0 spiro atoms. The first kappa shape index (κ1) is 20.1. The molecular weight excluding hydrogens is 383 g/mol. The third-order valence-corrected chi connectivity index (χ3v) is 5.70. The largest absolute Gasteiger partial charge is 0.346 e. The molecule has 1 N–H and O–H groups in total. The number of anilines is 1. The first-order chi connectivity index (χ1) is 14.4. The predicted octanol–water partition coefficient (Wildman–Crippen LogP) is 3.58. The van der Waals surface area contributed by atoms with Gasteiger partial charge in [0, 0.05) is 20.0 Å². The summed E-state index contributed by atoms with van der Waals surface area (Å²) in [5.74, 6) is -0.587. The first-order valence-corrected chi connectivity index (χ1v) is 10.1. The zero-order valence-electron chi connectivity index (χ0n) is 17.3. The Morgan fingerprint density at radius 3 is 2.57 bits per heavy atom. The molecule has 0 saturated carbocycles. The van der Waals surface area contributed by atoms with Gasteiger partial charge in [-0.25, -0.2) is 9.37 Å². The van der Waals surface area contributed by atoms with E-state index < -0.39 is 11.7 Å². The van der Waals surface area contributed by atoms with Crippen molar-refractivity contribution < 1.29 is 14.0 Å². The van der Waals surface area contributed by atoms with Crippen LogP contribution < -0.4 is 10.2 Å². The Morgan fingerprint density at radius 2 is 1.87 bits per heavy atom. The van der Waals surface area contributed by atoms with Crippen LogP contribution >= 0.6 is 0 Å². The maximum absolute atomic E-state index is 14.1. The van der Waals surface area contributed by atoms with Crippen LogP contribution in [-0.4, -0.2) is 27.9 Å². The lowest BCUT2D eigenvalue weighted by Crippen LogP contribution is -2.38. The number of benzene rings is 2. The number of rotatable bonds is 5. The number of amides is 2. The highest BCUT2D eigenvalue weighted by atomic mass is 19.1. The lowest BCUT2D eigenvalue weighted by atomic mass is 10.0. The quantitative estimate of drug-likeness (QED) is 0.702. The van der Waals surface area contributed by atoms with E-state index >= 15 is 0 Å². The molecule has 2 aromatic carbocycles. The van der Waals surface area contributed by atoms with Gasteiger partial charge in [-0.2, -0.15) is 0 Å². The van der Waals surface area contributed by atoms with Crippen molar-refractivity contribution in [3.05, 3.63) is 60.2 Å². The minimum Gasteiger partial charge on any atom is -0.346 e. The van der Waals surface area contributed by atoms with E-state index in [4.69, 9.17) is 4.98 Å². The summed E-state index contributed by atoms with van der Waals surface area (Å²) in [4.78, 5) is 31.6. The molecule has 1 saturated heterocycles. The molecule has 6 nitrogen and oxygen atoms in total. The van der Waals surface area contributed by atoms with Gasteiger partial charge in [0.1, 0.15) is 11.6 Å². The van der Waals surface area contributed by atoms with Gasteiger partial charge >= 0.3 is 0 Å². The number of para-hydroxylation sites is 3. The van der Waals surface area contributed by atoms with E-state index in [1.54, 1.807) is 18.2 Å². The van der Waals surface area contributed by atoms with Gasteiger partial charge in [-0.05, 0) is 30.2 Å². The molecule has 2 amide bonds. The Labute approximate surface area is 174 Å². The van der Waals surface area contributed by atoms with Gasteiger partial charge in [0.25, 0.3) is 0 Å². The second kappa shape index (κ2) is 7.89. The van der Waals surface area contributed by atoms with E-state index in [1.807, 2.05) is 49.7 Å². The van der Waals surface area contributed by atoms with Crippen molar-refractivity contribution in [1.29, 1.82) is 0 Å². The Morgan fingerprint density at radius 1 is 1.17 bits per heavy atom. The number of aromatic nitrogens is 2. The number of hydrogen-bond acceptors (Lipinski definition) is 3. The molecular formula is C23H25FN4O2. The van der Waals surface area contributed by atoms with Gasteiger partial charge in [-0.1, -0.05) is 38.1 Å². The van der Waals surface area contributed by atoms with E-state index in [0.717, 1.165) is 16.9 Å². The van der Waals surface area contributed by atoms with Crippen molar-refractivity contribution in [2.75, 3.05) is 11.4 Å². The summed E-state index contributed by atoms with van der Waals surface area (Å²) in [5, 5.41) is 3.09. The van der Waals surface area contributed by atoms with Gasteiger partial charge in [-0.15, -0.1) is 0 Å². The molecule has 2 heterocycles. The Kier molecular flexibility index (Phi) is 5.28. The van der Waals surface area contributed by atoms with Crippen LogP contribution in [0.2, 0.25) is 0 Å². The van der Waals surface area contributed by atoms with Gasteiger partial charge in [0.05, 0.1) is 28.7 Å². The van der Waals surface area contributed by atoms with Gasteiger partial charge in [0.15, 0.2) is 0 Å². The number of hydrogen-bond donors (Lipinski definition) is 1. The number of halogens is 1. The number of carbonyl (C=O) groups is 2. The van der Waals surface area contributed by atoms with Crippen LogP contribution in [0.5, 0.6) is 0 Å². The minimum absolute atomic E-state index is 0.0630. The fraction of sp³-hybridized carbons (Fsp3) is 0.348. The first-order valence-electron chi connectivity index (χ1n) is 10.1. The Bertz CT molecular complexity index is 1110. The fourth-order valence-electron chi connectivity index (χ4n) is 4.03. The van der Waals surface area contributed by atoms with Gasteiger partial charge in [-0.3, -0.25) is 9.59 Å². The van der Waals surface area contributed by atoms with Crippen LogP contribution in [0.25, 0.3) is 11.0 Å². The highest BCUT2D eigenvalue weighted by Crippen LogP contribution is 2.29. The van der Waals surface area contributed by atoms with Crippen LogP contribution in [0, 0.1) is 17.7 Å². The van der Waals surface area contributed by atoms with E-state index in [2.05, 4.69) is 5.32 Å². The SMILES string of the molecule is CC(C)[C@@H](NC(=O)[C@@H]1CC(=O)N(c2ccccc2F)C1)c1nc2ccccc2n1C. The number of nitrogens with zero attached hydrogens (tertiary/aromatic N) is 3. The summed E-state index contributed by atoms with van der Waals surface area (Å²) < 4.78 is 16.1. The lowest BCUT2D eigenvalue weighted by molar-refractivity contribution is -0.127. The summed E-state index contributed by atoms with van der Waals surface area (Å²) in [6.07, 6.45) is 0.0630. The molecule has 1 aliphatic rings. The number of carbonyl (C=O) groups excluding carboxylic acids is 2. The van der Waals surface area contributed by atoms with E-state index in [-0.39, 0.29) is 42.4 Å². The number of aryl methyl sites for hydroxylation is 1. The fourth-order valence-corrected chi connectivity index (χ4v) is 4.03. The zero-order valence-corrected chi connectivity index (χ0v) is 17.3. The van der Waals surface area contributed by atoms with E-state index in [9.17, 15) is 14.0 Å². The maximum atomic E-state index is 14.1. The molecule has 0 unspecified atom stereocenters. The summed E-state index contributed by atoms with van der Waals surface area (Å²) in [5.41, 5.74) is 2.08. The average molecular weight is 408 g/mol. The number of fused-ring (bicyclic) bond motifs is 1. The standard InChI is InChI=1S/C23H25FN4O2/c1-14(2)21(22-25-17-9-5-7-11-19(17)27(22)3)26-23(30)15-12-20(29)28(13-15)18-10-6-4-8-16(18)24/h4-11,14-15,21H,12-13H2,1-3H3,(H,26,30)/t15-,21-/m1/s1. The highest BCUT2D eigenvalue weighted by Gasteiger charge is 2.37. The molecule has 156 valence electrons. The predicted molar refractivity (Wildman–Crippen MR) is 113 cm³/mol. The molecule has 1 aliphatic heterocycles. The van der Waals surface area contributed by atoms with E-state index in [1.165, 1.54) is 11.0 Å². The Balaban J connectivity index is 1.55. The highest BCUT2D eigenvalue weighted by molar-refractivity contribution is 6.00. The molecule has 1 fully saturated rings. The molecule has 0 bridgehead atoms. The van der Waals surface area contributed by atoms with Crippen molar-refractivity contribution in [2.45, 2.75) is 26.3 Å². The third kappa shape index (κ3) is 3.56. The van der Waals surface area contributed by atoms with Crippen molar-refractivity contribution in [2.24, 2.45) is 18.9 Å². The molecule has 7 heteroatoms. The molecule has 0 radical (unpaired) electrons. The number of nitrogens with one attached hydrogen (secondary N) is 1. The number of imidazole rings is 1. The minimum atomic E-state index is -0.534. The Hall–Kier alpha value is -3.22. The van der Waals surface area contributed by atoms with Crippen LogP contribution in [0.1, 0.15) is 32.1 Å². The molecule has 3 aromatic rings. The van der Waals surface area contributed by atoms with Crippen molar-refractivity contribution in [1.82, 2.24) is 14.9 Å².